The normalized spacial score (nSPS) is 10.6. The number of carboxylic acid groups (broad SMARTS) is 1. The molecule has 0 aliphatic heterocycles. The van der Waals surface area contributed by atoms with Gasteiger partial charge in [0.05, 0.1) is 6.42 Å². The predicted octanol–water partition coefficient (Wildman–Crippen LogP) is 0.796. The third kappa shape index (κ3) is 3.70. The van der Waals surface area contributed by atoms with E-state index >= 15 is 0 Å². The minimum atomic E-state index is -2.34. The zero-order valence-electron chi connectivity index (χ0n) is 11.0. The van der Waals surface area contributed by atoms with Gasteiger partial charge in [0.1, 0.15) is 6.54 Å². The Morgan fingerprint density at radius 3 is 1.82 bits per heavy atom. The standard InChI is InChI=1S/C12H11F5N2O3/c13-8-5(9(14)11(16)12(17)10(8)15)3-6(20)19(2-1-18)4-7(21)22/h1-4,18H2,(H,21,22). The van der Waals surface area contributed by atoms with Crippen LogP contribution in [0.25, 0.3) is 0 Å². The molecule has 1 amide bonds. The van der Waals surface area contributed by atoms with Crippen molar-refractivity contribution in [1.82, 2.24) is 4.90 Å². The summed E-state index contributed by atoms with van der Waals surface area (Å²) in [5.74, 6) is -13.5. The van der Waals surface area contributed by atoms with E-state index in [1.807, 2.05) is 0 Å². The van der Waals surface area contributed by atoms with Gasteiger partial charge >= 0.3 is 5.97 Å². The Kier molecular flexibility index (Phi) is 5.80. The molecule has 10 heteroatoms. The molecule has 0 atom stereocenters. The number of amides is 1. The lowest BCUT2D eigenvalue weighted by molar-refractivity contribution is -0.144. The summed E-state index contributed by atoms with van der Waals surface area (Å²) in [4.78, 5) is 23.0. The molecule has 0 aromatic heterocycles. The maximum Gasteiger partial charge on any atom is 0.323 e. The highest BCUT2D eigenvalue weighted by atomic mass is 19.2. The van der Waals surface area contributed by atoms with Crippen molar-refractivity contribution in [2.24, 2.45) is 5.73 Å². The van der Waals surface area contributed by atoms with Crippen LogP contribution in [0.5, 0.6) is 0 Å². The van der Waals surface area contributed by atoms with Crippen molar-refractivity contribution in [1.29, 1.82) is 0 Å². The van der Waals surface area contributed by atoms with Crippen molar-refractivity contribution in [3.8, 4) is 0 Å². The summed E-state index contributed by atoms with van der Waals surface area (Å²) >= 11 is 0. The lowest BCUT2D eigenvalue weighted by Gasteiger charge is -2.20. The molecule has 0 aliphatic rings. The molecule has 3 N–H and O–H groups in total. The molecule has 0 saturated heterocycles. The Balaban J connectivity index is 3.13. The smallest absolute Gasteiger partial charge is 0.323 e. The van der Waals surface area contributed by atoms with Crippen LogP contribution < -0.4 is 5.73 Å². The van der Waals surface area contributed by atoms with E-state index in [2.05, 4.69) is 0 Å². The van der Waals surface area contributed by atoms with Crippen LogP contribution in [-0.4, -0.2) is 41.5 Å². The monoisotopic (exact) mass is 326 g/mol. The van der Waals surface area contributed by atoms with Crippen LogP contribution in [0, 0.1) is 29.1 Å². The summed E-state index contributed by atoms with van der Waals surface area (Å²) in [5.41, 5.74) is 3.83. The second-order valence-corrected chi connectivity index (χ2v) is 4.22. The van der Waals surface area contributed by atoms with Gasteiger partial charge in [-0.1, -0.05) is 0 Å². The van der Waals surface area contributed by atoms with Gasteiger partial charge in [0.25, 0.3) is 0 Å². The topological polar surface area (TPSA) is 83.6 Å². The molecule has 5 nitrogen and oxygen atoms in total. The highest BCUT2D eigenvalue weighted by Crippen LogP contribution is 2.23. The Bertz CT molecular complexity index is 580. The van der Waals surface area contributed by atoms with E-state index in [-0.39, 0.29) is 13.1 Å². The lowest BCUT2D eigenvalue weighted by atomic mass is 10.1. The van der Waals surface area contributed by atoms with Crippen LogP contribution in [0.2, 0.25) is 0 Å². The number of hydrogen-bond acceptors (Lipinski definition) is 3. The van der Waals surface area contributed by atoms with Gasteiger partial charge in [-0.25, -0.2) is 22.0 Å². The second-order valence-electron chi connectivity index (χ2n) is 4.22. The molecular formula is C12H11F5N2O3. The molecule has 0 spiro atoms. The maximum absolute atomic E-state index is 13.4. The van der Waals surface area contributed by atoms with Gasteiger partial charge in [-0.3, -0.25) is 9.59 Å². The van der Waals surface area contributed by atoms with E-state index in [0.717, 1.165) is 0 Å². The highest BCUT2D eigenvalue weighted by molar-refractivity contribution is 5.83. The van der Waals surface area contributed by atoms with E-state index < -0.39 is 59.5 Å². The highest BCUT2D eigenvalue weighted by Gasteiger charge is 2.28. The fraction of sp³-hybridized carbons (Fsp3) is 0.333. The fourth-order valence-corrected chi connectivity index (χ4v) is 1.68. The van der Waals surface area contributed by atoms with E-state index in [0.29, 0.717) is 4.90 Å². The number of carbonyl (C=O) groups is 2. The van der Waals surface area contributed by atoms with Gasteiger partial charge in [-0.15, -0.1) is 0 Å². The molecule has 0 radical (unpaired) electrons. The van der Waals surface area contributed by atoms with Crippen molar-refractivity contribution >= 4 is 11.9 Å². The van der Waals surface area contributed by atoms with Crippen molar-refractivity contribution in [2.75, 3.05) is 19.6 Å². The molecule has 0 aliphatic carbocycles. The molecule has 1 rings (SSSR count). The summed E-state index contributed by atoms with van der Waals surface area (Å²) in [7, 11) is 0. The molecule has 1 aromatic rings. The molecule has 1 aromatic carbocycles. The Hall–Kier alpha value is -2.23. The number of halogens is 5. The summed E-state index contributed by atoms with van der Waals surface area (Å²) in [5, 5.41) is 8.61. The van der Waals surface area contributed by atoms with Crippen molar-refractivity contribution in [3.63, 3.8) is 0 Å². The van der Waals surface area contributed by atoms with Crippen molar-refractivity contribution in [2.45, 2.75) is 6.42 Å². The number of nitrogens with two attached hydrogens (primary N) is 1. The third-order valence-electron chi connectivity index (χ3n) is 2.71. The first-order valence-electron chi connectivity index (χ1n) is 5.90. The first kappa shape index (κ1) is 17.8. The average molecular weight is 326 g/mol. The molecule has 22 heavy (non-hydrogen) atoms. The summed E-state index contributed by atoms with van der Waals surface area (Å²) in [6, 6.07) is 0. The van der Waals surface area contributed by atoms with Gasteiger partial charge in [-0.2, -0.15) is 0 Å². The zero-order valence-corrected chi connectivity index (χ0v) is 11.0. The SMILES string of the molecule is NCCN(CC(=O)O)C(=O)Cc1c(F)c(F)c(F)c(F)c1F. The first-order chi connectivity index (χ1) is 10.2. The molecule has 0 bridgehead atoms. The van der Waals surface area contributed by atoms with Crippen molar-refractivity contribution < 1.29 is 36.6 Å². The fourth-order valence-electron chi connectivity index (χ4n) is 1.68. The number of benzene rings is 1. The van der Waals surface area contributed by atoms with Gasteiger partial charge in [0.2, 0.25) is 11.7 Å². The quantitative estimate of drug-likeness (QED) is 0.460. The van der Waals surface area contributed by atoms with Crippen molar-refractivity contribution in [3.05, 3.63) is 34.6 Å². The molecular weight excluding hydrogens is 315 g/mol. The molecule has 0 fully saturated rings. The first-order valence-corrected chi connectivity index (χ1v) is 5.90. The number of rotatable bonds is 6. The Morgan fingerprint density at radius 1 is 0.955 bits per heavy atom. The minimum Gasteiger partial charge on any atom is -0.480 e. The summed E-state index contributed by atoms with van der Waals surface area (Å²) in [6.07, 6.45) is -1.18. The molecule has 0 saturated carbocycles. The van der Waals surface area contributed by atoms with Gasteiger partial charge in [0, 0.05) is 18.7 Å². The second kappa shape index (κ2) is 7.16. The van der Waals surface area contributed by atoms with Crippen LogP contribution >= 0.6 is 0 Å². The number of carbonyl (C=O) groups excluding carboxylic acids is 1. The van der Waals surface area contributed by atoms with Crippen LogP contribution in [0.1, 0.15) is 5.56 Å². The van der Waals surface area contributed by atoms with Crippen LogP contribution in [0.15, 0.2) is 0 Å². The molecule has 122 valence electrons. The maximum atomic E-state index is 13.4. The van der Waals surface area contributed by atoms with Crippen LogP contribution in [-0.2, 0) is 16.0 Å². The minimum absolute atomic E-state index is 0.143. The van der Waals surface area contributed by atoms with Gasteiger partial charge < -0.3 is 15.7 Å². The van der Waals surface area contributed by atoms with Crippen LogP contribution in [0.3, 0.4) is 0 Å². The predicted molar refractivity (Wildman–Crippen MR) is 63.2 cm³/mol. The van der Waals surface area contributed by atoms with E-state index in [1.54, 1.807) is 0 Å². The Morgan fingerprint density at radius 2 is 1.41 bits per heavy atom. The third-order valence-corrected chi connectivity index (χ3v) is 2.71. The summed E-state index contributed by atoms with van der Waals surface area (Å²) in [6.45, 7) is -1.21. The number of aliphatic carboxylic acids is 1. The van der Waals surface area contributed by atoms with E-state index in [1.165, 1.54) is 0 Å². The number of hydrogen-bond donors (Lipinski definition) is 2. The van der Waals surface area contributed by atoms with E-state index in [4.69, 9.17) is 10.8 Å². The van der Waals surface area contributed by atoms with Crippen LogP contribution in [0.4, 0.5) is 22.0 Å². The molecule has 0 unspecified atom stereocenters. The Labute approximate surface area is 121 Å². The van der Waals surface area contributed by atoms with Gasteiger partial charge in [-0.05, 0) is 0 Å². The number of carboxylic acids is 1. The van der Waals surface area contributed by atoms with Gasteiger partial charge in [0.15, 0.2) is 23.3 Å². The zero-order chi connectivity index (χ0) is 17.0. The van der Waals surface area contributed by atoms with E-state index in [9.17, 15) is 31.5 Å². The molecule has 0 heterocycles. The summed E-state index contributed by atoms with van der Waals surface area (Å²) < 4.78 is 65.8. The largest absolute Gasteiger partial charge is 0.480 e. The number of nitrogens with zero attached hydrogens (tertiary/aromatic N) is 1. The lowest BCUT2D eigenvalue weighted by Crippen LogP contribution is -2.40. The average Bonchev–Trinajstić information content (AvgIpc) is 2.46.